The first-order valence-corrected chi connectivity index (χ1v) is 4.26. The number of hydrogen-bond acceptors (Lipinski definition) is 1. The van der Waals surface area contributed by atoms with Gasteiger partial charge < -0.3 is 4.98 Å². The number of nitrogens with one attached hydrogen (secondary N) is 1. The zero-order chi connectivity index (χ0) is 8.10. The molecule has 0 aliphatic rings. The van der Waals surface area contributed by atoms with E-state index in [0.29, 0.717) is 5.92 Å². The predicted molar refractivity (Wildman–Crippen MR) is 45.4 cm³/mol. The minimum atomic E-state index is 0.557. The molecule has 1 radical (unpaired) electrons. The van der Waals surface area contributed by atoms with Gasteiger partial charge in [0.05, 0.1) is 0 Å². The van der Waals surface area contributed by atoms with E-state index in [0.717, 1.165) is 5.82 Å². The van der Waals surface area contributed by atoms with Crippen molar-refractivity contribution in [2.75, 3.05) is 0 Å². The zero-order valence-corrected chi connectivity index (χ0v) is 7.22. The Morgan fingerprint density at radius 3 is 3.09 bits per heavy atom. The van der Waals surface area contributed by atoms with Gasteiger partial charge in [-0.1, -0.05) is 26.7 Å². The molecule has 1 aromatic heterocycles. The quantitative estimate of drug-likeness (QED) is 0.703. The molecule has 61 valence electrons. The average molecular weight is 151 g/mol. The van der Waals surface area contributed by atoms with Crippen molar-refractivity contribution in [1.82, 2.24) is 9.97 Å². The fourth-order valence-electron chi connectivity index (χ4n) is 1.14. The van der Waals surface area contributed by atoms with E-state index in [2.05, 4.69) is 30.0 Å². The Morgan fingerprint density at radius 2 is 2.55 bits per heavy atom. The van der Waals surface area contributed by atoms with E-state index in [-0.39, 0.29) is 0 Å². The Balaban J connectivity index is 2.36. The van der Waals surface area contributed by atoms with Crippen LogP contribution in [0.15, 0.2) is 6.20 Å². The van der Waals surface area contributed by atoms with Gasteiger partial charge in [0.25, 0.3) is 0 Å². The zero-order valence-electron chi connectivity index (χ0n) is 7.22. The lowest BCUT2D eigenvalue weighted by molar-refractivity contribution is 0.601. The average Bonchev–Trinajstić information content (AvgIpc) is 2.52. The second-order valence-corrected chi connectivity index (χ2v) is 2.96. The summed E-state index contributed by atoms with van der Waals surface area (Å²) in [4.78, 5) is 7.17. The summed E-state index contributed by atoms with van der Waals surface area (Å²) in [6, 6.07) is 0. The lowest BCUT2D eigenvalue weighted by Crippen LogP contribution is -1.95. The lowest BCUT2D eigenvalue weighted by Gasteiger charge is -2.05. The van der Waals surface area contributed by atoms with Crippen LogP contribution in [0.3, 0.4) is 0 Å². The van der Waals surface area contributed by atoms with Crippen molar-refractivity contribution in [2.24, 2.45) is 0 Å². The van der Waals surface area contributed by atoms with Gasteiger partial charge in [0.2, 0.25) is 0 Å². The maximum absolute atomic E-state index is 4.09. The number of nitrogens with zero attached hydrogens (tertiary/aromatic N) is 1. The van der Waals surface area contributed by atoms with Crippen LogP contribution in [-0.2, 0) is 0 Å². The van der Waals surface area contributed by atoms with Gasteiger partial charge in [-0.05, 0) is 6.42 Å². The molecule has 0 amide bonds. The minimum absolute atomic E-state index is 0.557. The van der Waals surface area contributed by atoms with E-state index < -0.39 is 0 Å². The highest BCUT2D eigenvalue weighted by Crippen LogP contribution is 2.16. The standard InChI is InChI=1S/C9H15N2/c1-3-4-5-8(2)9-10-6-7-11-9/h6,8H,3-5H2,1-2H3,(H,10,11). The summed E-state index contributed by atoms with van der Waals surface area (Å²) in [7, 11) is 0. The van der Waals surface area contributed by atoms with Crippen LogP contribution in [0.25, 0.3) is 0 Å². The summed E-state index contributed by atoms with van der Waals surface area (Å²) >= 11 is 0. The first-order chi connectivity index (χ1) is 5.34. The van der Waals surface area contributed by atoms with Crippen LogP contribution in [-0.4, -0.2) is 9.97 Å². The molecule has 1 atom stereocenters. The highest BCUT2D eigenvalue weighted by Gasteiger charge is 2.05. The molecule has 1 aromatic rings. The molecule has 2 heteroatoms. The molecule has 1 heterocycles. The van der Waals surface area contributed by atoms with Crippen LogP contribution in [0.1, 0.15) is 44.9 Å². The van der Waals surface area contributed by atoms with Gasteiger partial charge in [-0.15, -0.1) is 0 Å². The molecule has 0 fully saturated rings. The lowest BCUT2D eigenvalue weighted by atomic mass is 10.0. The number of rotatable bonds is 4. The van der Waals surface area contributed by atoms with E-state index in [9.17, 15) is 0 Å². The molecule has 0 saturated heterocycles. The molecule has 0 aliphatic heterocycles. The number of aromatic nitrogens is 2. The predicted octanol–water partition coefficient (Wildman–Crippen LogP) is 2.50. The van der Waals surface area contributed by atoms with Crippen molar-refractivity contribution in [3.05, 3.63) is 18.2 Å². The summed E-state index contributed by atoms with van der Waals surface area (Å²) < 4.78 is 0. The number of hydrogen-bond donors (Lipinski definition) is 1. The summed E-state index contributed by atoms with van der Waals surface area (Å²) in [6.07, 6.45) is 8.30. The number of unbranched alkanes of at least 4 members (excludes halogenated alkanes) is 1. The molecular formula is C9H15N2. The van der Waals surface area contributed by atoms with Crippen LogP contribution in [0.5, 0.6) is 0 Å². The summed E-state index contributed by atoms with van der Waals surface area (Å²) in [5, 5.41) is 0. The van der Waals surface area contributed by atoms with Crippen molar-refractivity contribution < 1.29 is 0 Å². The van der Waals surface area contributed by atoms with E-state index in [1.54, 1.807) is 6.20 Å². The molecule has 0 aromatic carbocycles. The van der Waals surface area contributed by atoms with Crippen LogP contribution in [0, 0.1) is 6.20 Å². The second-order valence-electron chi connectivity index (χ2n) is 2.96. The maximum atomic E-state index is 4.09. The normalized spacial score (nSPS) is 13.3. The number of imidazole rings is 1. The van der Waals surface area contributed by atoms with Gasteiger partial charge >= 0.3 is 0 Å². The highest BCUT2D eigenvalue weighted by molar-refractivity contribution is 4.93. The molecule has 0 saturated carbocycles. The van der Waals surface area contributed by atoms with E-state index in [1.807, 2.05) is 0 Å². The third-order valence-electron chi connectivity index (χ3n) is 1.93. The molecular weight excluding hydrogens is 136 g/mol. The van der Waals surface area contributed by atoms with E-state index in [4.69, 9.17) is 0 Å². The molecule has 2 nitrogen and oxygen atoms in total. The Morgan fingerprint density at radius 1 is 1.73 bits per heavy atom. The molecule has 1 N–H and O–H groups in total. The molecule has 11 heavy (non-hydrogen) atoms. The molecule has 0 bridgehead atoms. The van der Waals surface area contributed by atoms with Gasteiger partial charge in [-0.2, -0.15) is 0 Å². The topological polar surface area (TPSA) is 28.7 Å². The second kappa shape index (κ2) is 4.16. The van der Waals surface area contributed by atoms with Crippen LogP contribution < -0.4 is 0 Å². The van der Waals surface area contributed by atoms with Crippen molar-refractivity contribution in [1.29, 1.82) is 0 Å². The first-order valence-electron chi connectivity index (χ1n) is 4.26. The summed E-state index contributed by atoms with van der Waals surface area (Å²) in [5.74, 6) is 1.62. The van der Waals surface area contributed by atoms with Crippen LogP contribution >= 0.6 is 0 Å². The smallest absolute Gasteiger partial charge is 0.109 e. The summed E-state index contributed by atoms with van der Waals surface area (Å²) in [5.41, 5.74) is 0. The Labute approximate surface area is 68.0 Å². The van der Waals surface area contributed by atoms with E-state index in [1.165, 1.54) is 19.3 Å². The maximum Gasteiger partial charge on any atom is 0.109 e. The van der Waals surface area contributed by atoms with Crippen molar-refractivity contribution in [3.63, 3.8) is 0 Å². The fourth-order valence-corrected chi connectivity index (χ4v) is 1.14. The van der Waals surface area contributed by atoms with Crippen molar-refractivity contribution in [3.8, 4) is 0 Å². The van der Waals surface area contributed by atoms with Crippen LogP contribution in [0.2, 0.25) is 0 Å². The Bertz CT molecular complexity index is 179. The monoisotopic (exact) mass is 151 g/mol. The molecule has 1 unspecified atom stereocenters. The Kier molecular flexibility index (Phi) is 3.14. The van der Waals surface area contributed by atoms with Crippen molar-refractivity contribution in [2.45, 2.75) is 39.0 Å². The van der Waals surface area contributed by atoms with Gasteiger partial charge in [-0.25, -0.2) is 4.98 Å². The number of aromatic amines is 1. The highest BCUT2D eigenvalue weighted by atomic mass is 14.9. The SMILES string of the molecule is CCCCC(C)c1n[c]c[nH]1. The van der Waals surface area contributed by atoms with Gasteiger partial charge in [0.1, 0.15) is 12.0 Å². The largest absolute Gasteiger partial charge is 0.348 e. The molecule has 1 rings (SSSR count). The summed E-state index contributed by atoms with van der Waals surface area (Å²) in [6.45, 7) is 4.41. The fraction of sp³-hybridized carbons (Fsp3) is 0.667. The third kappa shape index (κ3) is 2.37. The molecule has 0 aliphatic carbocycles. The first kappa shape index (κ1) is 8.31. The van der Waals surface area contributed by atoms with Crippen LogP contribution in [0.4, 0.5) is 0 Å². The van der Waals surface area contributed by atoms with E-state index >= 15 is 0 Å². The molecule has 0 spiro atoms. The van der Waals surface area contributed by atoms with Gasteiger partial charge in [0.15, 0.2) is 0 Å². The minimum Gasteiger partial charge on any atom is -0.348 e. The van der Waals surface area contributed by atoms with Gasteiger partial charge in [0, 0.05) is 12.1 Å². The van der Waals surface area contributed by atoms with Gasteiger partial charge in [-0.3, -0.25) is 0 Å². The Hall–Kier alpha value is -0.790. The number of H-pyrrole nitrogens is 1. The van der Waals surface area contributed by atoms with Crippen molar-refractivity contribution >= 4 is 0 Å². The third-order valence-corrected chi connectivity index (χ3v) is 1.93.